The summed E-state index contributed by atoms with van der Waals surface area (Å²) < 4.78 is 0. The van der Waals surface area contributed by atoms with E-state index in [0.29, 0.717) is 5.92 Å². The average Bonchev–Trinajstić information content (AvgIpc) is 2.17. The Hall–Kier alpha value is -0.690. The van der Waals surface area contributed by atoms with Crippen molar-refractivity contribution >= 4 is 11.8 Å². The lowest BCUT2D eigenvalue weighted by atomic mass is 10.0. The predicted octanol–water partition coefficient (Wildman–Crippen LogP) is 2.94. The number of thioether (sulfide) groups is 1. The molecule has 0 fully saturated rings. The number of fused-ring (bicyclic) bond motifs is 1. The Morgan fingerprint density at radius 1 is 1.42 bits per heavy atom. The molecule has 61 valence electrons. The molecule has 1 heterocycles. The summed E-state index contributed by atoms with van der Waals surface area (Å²) in [6, 6.07) is 8.60. The number of rotatable bonds is 1. The summed E-state index contributed by atoms with van der Waals surface area (Å²) in [7, 11) is 0. The van der Waals surface area contributed by atoms with E-state index in [1.807, 2.05) is 11.8 Å². The van der Waals surface area contributed by atoms with Gasteiger partial charge >= 0.3 is 0 Å². The molecule has 1 aromatic rings. The van der Waals surface area contributed by atoms with Gasteiger partial charge in [-0.3, -0.25) is 0 Å². The fourth-order valence-electron chi connectivity index (χ4n) is 1.46. The second kappa shape index (κ2) is 3.36. The maximum atomic E-state index is 3.72. The van der Waals surface area contributed by atoms with Crippen molar-refractivity contribution in [2.45, 2.75) is 11.3 Å². The molecule has 0 nitrogen and oxygen atoms in total. The van der Waals surface area contributed by atoms with Gasteiger partial charge in [0.25, 0.3) is 0 Å². The summed E-state index contributed by atoms with van der Waals surface area (Å²) in [6.07, 6.45) is 4.19. The van der Waals surface area contributed by atoms with Crippen molar-refractivity contribution in [1.82, 2.24) is 0 Å². The Bertz CT molecular complexity index is 291. The van der Waals surface area contributed by atoms with E-state index in [0.717, 1.165) is 12.2 Å². The molecule has 0 N–H and O–H groups in total. The van der Waals surface area contributed by atoms with Gasteiger partial charge in [0.15, 0.2) is 0 Å². The summed E-state index contributed by atoms with van der Waals surface area (Å²) in [5.74, 6) is 1.69. The third-order valence-corrected chi connectivity index (χ3v) is 3.45. The highest BCUT2D eigenvalue weighted by Gasteiger charge is 2.15. The smallest absolute Gasteiger partial charge is 0.0104 e. The third kappa shape index (κ3) is 1.42. The molecular weight excluding hydrogens is 164 g/mol. The SMILES string of the molecule is C=[C]C1CSc2ccccc2C1. The molecule has 1 unspecified atom stereocenters. The molecule has 0 aromatic heterocycles. The summed E-state index contributed by atoms with van der Waals surface area (Å²) >= 11 is 1.92. The quantitative estimate of drug-likeness (QED) is 0.632. The lowest BCUT2D eigenvalue weighted by molar-refractivity contribution is 0.695. The van der Waals surface area contributed by atoms with Gasteiger partial charge in [-0.25, -0.2) is 0 Å². The number of hydrogen-bond acceptors (Lipinski definition) is 1. The molecule has 0 amide bonds. The van der Waals surface area contributed by atoms with Crippen LogP contribution in [-0.2, 0) is 6.42 Å². The Balaban J connectivity index is 2.28. The molecule has 2 rings (SSSR count). The number of hydrogen-bond donors (Lipinski definition) is 0. The normalized spacial score (nSPS) is 21.5. The molecule has 0 saturated carbocycles. The van der Waals surface area contributed by atoms with Gasteiger partial charge in [0.05, 0.1) is 0 Å². The van der Waals surface area contributed by atoms with Gasteiger partial charge in [-0.1, -0.05) is 24.8 Å². The fraction of sp³-hybridized carbons (Fsp3) is 0.273. The van der Waals surface area contributed by atoms with Crippen molar-refractivity contribution in [2.75, 3.05) is 5.75 Å². The predicted molar refractivity (Wildman–Crippen MR) is 53.2 cm³/mol. The van der Waals surface area contributed by atoms with E-state index >= 15 is 0 Å². The topological polar surface area (TPSA) is 0 Å². The van der Waals surface area contributed by atoms with Crippen LogP contribution in [0.4, 0.5) is 0 Å². The van der Waals surface area contributed by atoms with Crippen LogP contribution in [0, 0.1) is 12.0 Å². The van der Waals surface area contributed by atoms with Crippen LogP contribution in [0.2, 0.25) is 0 Å². The van der Waals surface area contributed by atoms with Crippen LogP contribution in [0.5, 0.6) is 0 Å². The molecular formula is C11H11S. The first-order chi connectivity index (χ1) is 5.90. The van der Waals surface area contributed by atoms with E-state index in [1.54, 1.807) is 0 Å². The molecule has 12 heavy (non-hydrogen) atoms. The van der Waals surface area contributed by atoms with E-state index in [4.69, 9.17) is 0 Å². The maximum absolute atomic E-state index is 3.72. The van der Waals surface area contributed by atoms with Gasteiger partial charge in [-0.15, -0.1) is 11.8 Å². The van der Waals surface area contributed by atoms with Gasteiger partial charge in [-0.05, 0) is 30.0 Å². The van der Waals surface area contributed by atoms with Crippen LogP contribution >= 0.6 is 11.8 Å². The van der Waals surface area contributed by atoms with E-state index in [-0.39, 0.29) is 0 Å². The first-order valence-electron chi connectivity index (χ1n) is 4.13. The fourth-order valence-corrected chi connectivity index (χ4v) is 2.59. The first kappa shape index (κ1) is 7.93. The average molecular weight is 175 g/mol. The summed E-state index contributed by atoms with van der Waals surface area (Å²) in [5, 5.41) is 0. The van der Waals surface area contributed by atoms with Crippen LogP contribution in [0.25, 0.3) is 0 Å². The number of benzene rings is 1. The van der Waals surface area contributed by atoms with Crippen molar-refractivity contribution in [3.63, 3.8) is 0 Å². The Labute approximate surface area is 77.7 Å². The van der Waals surface area contributed by atoms with Crippen molar-refractivity contribution in [3.05, 3.63) is 42.5 Å². The molecule has 1 aliphatic rings. The molecule has 1 radical (unpaired) electrons. The first-order valence-corrected chi connectivity index (χ1v) is 5.12. The van der Waals surface area contributed by atoms with Crippen molar-refractivity contribution in [1.29, 1.82) is 0 Å². The molecule has 1 heteroatoms. The van der Waals surface area contributed by atoms with Crippen LogP contribution in [0.1, 0.15) is 5.56 Å². The third-order valence-electron chi connectivity index (χ3n) is 2.17. The molecule has 0 saturated heterocycles. The molecule has 0 aliphatic carbocycles. The van der Waals surface area contributed by atoms with Crippen molar-refractivity contribution in [3.8, 4) is 0 Å². The lowest BCUT2D eigenvalue weighted by Crippen LogP contribution is -2.10. The van der Waals surface area contributed by atoms with Crippen molar-refractivity contribution < 1.29 is 0 Å². The Morgan fingerprint density at radius 2 is 2.25 bits per heavy atom. The van der Waals surface area contributed by atoms with Gasteiger partial charge in [0, 0.05) is 10.6 Å². The maximum Gasteiger partial charge on any atom is 0.0104 e. The zero-order chi connectivity index (χ0) is 8.39. The van der Waals surface area contributed by atoms with Crippen molar-refractivity contribution in [2.24, 2.45) is 5.92 Å². The standard InChI is InChI=1S/C11H11S/c1-2-9-7-10-5-3-4-6-11(10)12-8-9/h3-6,9H,1,7-8H2. The Morgan fingerprint density at radius 3 is 3.08 bits per heavy atom. The van der Waals surface area contributed by atoms with Crippen LogP contribution in [0.15, 0.2) is 35.7 Å². The van der Waals surface area contributed by atoms with Crippen LogP contribution < -0.4 is 0 Å². The lowest BCUT2D eigenvalue weighted by Gasteiger charge is -2.20. The molecule has 1 atom stereocenters. The highest BCUT2D eigenvalue weighted by atomic mass is 32.2. The van der Waals surface area contributed by atoms with E-state index < -0.39 is 0 Å². The van der Waals surface area contributed by atoms with E-state index in [1.165, 1.54) is 10.5 Å². The highest BCUT2D eigenvalue weighted by Crippen LogP contribution is 2.32. The van der Waals surface area contributed by atoms with Crippen LogP contribution in [-0.4, -0.2) is 5.75 Å². The van der Waals surface area contributed by atoms with Gasteiger partial charge < -0.3 is 0 Å². The minimum Gasteiger partial charge on any atom is -0.125 e. The monoisotopic (exact) mass is 175 g/mol. The zero-order valence-corrected chi connectivity index (χ0v) is 7.73. The zero-order valence-electron chi connectivity index (χ0n) is 6.92. The van der Waals surface area contributed by atoms with Gasteiger partial charge in [-0.2, -0.15) is 0 Å². The van der Waals surface area contributed by atoms with Gasteiger partial charge in [0.2, 0.25) is 0 Å². The largest absolute Gasteiger partial charge is 0.125 e. The van der Waals surface area contributed by atoms with E-state index in [9.17, 15) is 0 Å². The van der Waals surface area contributed by atoms with Crippen LogP contribution in [0.3, 0.4) is 0 Å². The van der Waals surface area contributed by atoms with E-state index in [2.05, 4.69) is 36.9 Å². The number of allylic oxidation sites excluding steroid dienone is 1. The summed E-state index contributed by atoms with van der Waals surface area (Å²) in [5.41, 5.74) is 1.45. The van der Waals surface area contributed by atoms with Gasteiger partial charge in [0.1, 0.15) is 0 Å². The summed E-state index contributed by atoms with van der Waals surface area (Å²) in [4.78, 5) is 1.43. The minimum atomic E-state index is 0.546. The summed E-state index contributed by atoms with van der Waals surface area (Å²) in [6.45, 7) is 3.72. The second-order valence-corrected chi connectivity index (χ2v) is 4.09. The molecule has 0 spiro atoms. The second-order valence-electron chi connectivity index (χ2n) is 3.02. The molecule has 1 aromatic carbocycles. The highest BCUT2D eigenvalue weighted by molar-refractivity contribution is 7.99. The molecule has 0 bridgehead atoms. The minimum absolute atomic E-state index is 0.546. The Kier molecular flexibility index (Phi) is 2.22. The molecule has 1 aliphatic heterocycles.